The van der Waals surface area contributed by atoms with E-state index in [4.69, 9.17) is 29.2 Å². The summed E-state index contributed by atoms with van der Waals surface area (Å²) >= 11 is 0. The standard InChI is InChI=1S/C41H75N3O13/c1-34(40(50)51)18-16-17-24-42-37(46)23-26-54-28-30-56-32-33-57-31-29-55-27-25-43-36(45)22-21-35(41(52)53)44-38(47)19-14-12-10-8-6-4-2-3-5-7-9-11-13-15-20-39(48)49/h34-35H,2-33H2,1H3,(H,42,46)(H,43,45)(H,44,47)(H,48,49)(H,50,51)(H,52,53)/t34-,35-/m0/s1. The third-order valence-electron chi connectivity index (χ3n) is 9.30. The number of hydrogen-bond donors (Lipinski definition) is 6. The summed E-state index contributed by atoms with van der Waals surface area (Å²) in [5.74, 6) is -3.79. The van der Waals surface area contributed by atoms with Gasteiger partial charge in [0.1, 0.15) is 6.04 Å². The highest BCUT2D eigenvalue weighted by molar-refractivity contribution is 5.84. The summed E-state index contributed by atoms with van der Waals surface area (Å²) < 4.78 is 21.7. The first kappa shape index (κ1) is 53.7. The summed E-state index contributed by atoms with van der Waals surface area (Å²) in [6, 6.07) is -1.12. The highest BCUT2D eigenvalue weighted by atomic mass is 16.6. The van der Waals surface area contributed by atoms with Crippen LogP contribution in [-0.2, 0) is 47.7 Å². The van der Waals surface area contributed by atoms with E-state index < -0.39 is 23.9 Å². The maximum atomic E-state index is 12.3. The van der Waals surface area contributed by atoms with Gasteiger partial charge in [-0.2, -0.15) is 0 Å². The minimum absolute atomic E-state index is 0.000799. The molecule has 0 radical (unpaired) electrons. The van der Waals surface area contributed by atoms with Crippen LogP contribution in [-0.4, -0.2) is 123 Å². The Bertz CT molecular complexity index is 1060. The summed E-state index contributed by atoms with van der Waals surface area (Å²) in [5.41, 5.74) is 0. The Morgan fingerprint density at radius 3 is 1.35 bits per heavy atom. The van der Waals surface area contributed by atoms with Gasteiger partial charge >= 0.3 is 17.9 Å². The number of unbranched alkanes of at least 4 members (excludes halogenated alkanes) is 14. The normalized spacial score (nSPS) is 12.2. The molecule has 3 amide bonds. The van der Waals surface area contributed by atoms with Gasteiger partial charge in [-0.05, 0) is 32.1 Å². The molecule has 0 aliphatic heterocycles. The lowest BCUT2D eigenvalue weighted by Gasteiger charge is -2.14. The highest BCUT2D eigenvalue weighted by Gasteiger charge is 2.20. The van der Waals surface area contributed by atoms with Gasteiger partial charge in [0.05, 0.1) is 58.8 Å². The molecule has 0 unspecified atom stereocenters. The molecule has 0 bridgehead atoms. The Morgan fingerprint density at radius 1 is 0.421 bits per heavy atom. The Kier molecular flexibility index (Phi) is 37.2. The first-order valence-electron chi connectivity index (χ1n) is 21.3. The van der Waals surface area contributed by atoms with Crippen LogP contribution < -0.4 is 16.0 Å². The van der Waals surface area contributed by atoms with Crippen molar-refractivity contribution in [1.82, 2.24) is 16.0 Å². The zero-order valence-electron chi connectivity index (χ0n) is 34.7. The van der Waals surface area contributed by atoms with Gasteiger partial charge in [-0.25, -0.2) is 4.79 Å². The van der Waals surface area contributed by atoms with Crippen molar-refractivity contribution >= 4 is 35.6 Å². The van der Waals surface area contributed by atoms with E-state index in [1.54, 1.807) is 6.92 Å². The number of hydrogen-bond acceptors (Lipinski definition) is 10. The van der Waals surface area contributed by atoms with Crippen LogP contribution in [0.2, 0.25) is 0 Å². The van der Waals surface area contributed by atoms with Gasteiger partial charge in [0.15, 0.2) is 0 Å². The Morgan fingerprint density at radius 2 is 0.860 bits per heavy atom. The monoisotopic (exact) mass is 818 g/mol. The van der Waals surface area contributed by atoms with Gasteiger partial charge < -0.3 is 50.2 Å². The van der Waals surface area contributed by atoms with Crippen molar-refractivity contribution in [3.8, 4) is 0 Å². The minimum atomic E-state index is -1.17. The van der Waals surface area contributed by atoms with Gasteiger partial charge in [-0.1, -0.05) is 90.4 Å². The maximum Gasteiger partial charge on any atom is 0.326 e. The molecule has 332 valence electrons. The molecule has 0 saturated carbocycles. The van der Waals surface area contributed by atoms with Crippen LogP contribution in [0.15, 0.2) is 0 Å². The largest absolute Gasteiger partial charge is 0.481 e. The smallest absolute Gasteiger partial charge is 0.326 e. The fourth-order valence-electron chi connectivity index (χ4n) is 5.78. The number of nitrogens with one attached hydrogen (secondary N) is 3. The predicted octanol–water partition coefficient (Wildman–Crippen LogP) is 5.24. The third kappa shape index (κ3) is 39.3. The molecule has 57 heavy (non-hydrogen) atoms. The quantitative estimate of drug-likeness (QED) is 0.0433. The third-order valence-corrected chi connectivity index (χ3v) is 9.30. The van der Waals surface area contributed by atoms with Crippen molar-refractivity contribution in [2.24, 2.45) is 5.92 Å². The van der Waals surface area contributed by atoms with Crippen molar-refractivity contribution < 1.29 is 63.0 Å². The molecule has 0 aromatic heterocycles. The number of carboxylic acid groups (broad SMARTS) is 3. The van der Waals surface area contributed by atoms with Crippen LogP contribution >= 0.6 is 0 Å². The van der Waals surface area contributed by atoms with E-state index in [0.717, 1.165) is 51.4 Å². The molecule has 2 atom stereocenters. The molecule has 16 heteroatoms. The number of carbonyl (C=O) groups excluding carboxylic acids is 3. The summed E-state index contributed by atoms with van der Waals surface area (Å²) in [6.07, 6.45) is 18.0. The van der Waals surface area contributed by atoms with Crippen LogP contribution in [0.1, 0.15) is 148 Å². The molecular weight excluding hydrogens is 742 g/mol. The minimum Gasteiger partial charge on any atom is -0.481 e. The molecule has 0 saturated heterocycles. The van der Waals surface area contributed by atoms with E-state index in [-0.39, 0.29) is 75.5 Å². The van der Waals surface area contributed by atoms with Crippen molar-refractivity contribution in [3.05, 3.63) is 0 Å². The second-order valence-corrected chi connectivity index (χ2v) is 14.5. The average molecular weight is 818 g/mol. The molecule has 0 aliphatic rings. The predicted molar refractivity (Wildman–Crippen MR) is 215 cm³/mol. The summed E-state index contributed by atoms with van der Waals surface area (Å²) in [4.78, 5) is 69.2. The van der Waals surface area contributed by atoms with Crippen LogP contribution in [0.3, 0.4) is 0 Å². The maximum absolute atomic E-state index is 12.3. The number of carbonyl (C=O) groups is 6. The SMILES string of the molecule is C[C@@H](CCCCNC(=O)CCOCCOCCOCCOCCNC(=O)CC[C@H](NC(=O)CCCCCCCCCCCCCCCCC(=O)O)C(=O)O)C(=O)O. The van der Waals surface area contributed by atoms with E-state index in [1.165, 1.54) is 44.9 Å². The van der Waals surface area contributed by atoms with Gasteiger partial charge in [-0.3, -0.25) is 24.0 Å². The Hall–Kier alpha value is -3.34. The van der Waals surface area contributed by atoms with Crippen molar-refractivity contribution in [2.75, 3.05) is 65.9 Å². The molecule has 0 spiro atoms. The Labute approximate surface area is 340 Å². The lowest BCUT2D eigenvalue weighted by atomic mass is 10.0. The van der Waals surface area contributed by atoms with Crippen LogP contribution in [0, 0.1) is 5.92 Å². The van der Waals surface area contributed by atoms with Crippen molar-refractivity contribution in [1.29, 1.82) is 0 Å². The van der Waals surface area contributed by atoms with Crippen LogP contribution in [0.4, 0.5) is 0 Å². The lowest BCUT2D eigenvalue weighted by molar-refractivity contribution is -0.142. The molecule has 0 aliphatic carbocycles. The summed E-state index contributed by atoms with van der Waals surface area (Å²) in [6.45, 7) is 5.17. The molecule has 0 heterocycles. The first-order valence-corrected chi connectivity index (χ1v) is 21.3. The second-order valence-electron chi connectivity index (χ2n) is 14.5. The van der Waals surface area contributed by atoms with E-state index in [0.29, 0.717) is 59.0 Å². The number of ether oxygens (including phenoxy) is 4. The van der Waals surface area contributed by atoms with E-state index >= 15 is 0 Å². The van der Waals surface area contributed by atoms with E-state index in [9.17, 15) is 33.9 Å². The number of carboxylic acids is 3. The molecule has 0 rings (SSSR count). The number of amides is 3. The summed E-state index contributed by atoms with van der Waals surface area (Å²) in [7, 11) is 0. The van der Waals surface area contributed by atoms with Gasteiger partial charge in [0.25, 0.3) is 0 Å². The Balaban J connectivity index is 3.59. The van der Waals surface area contributed by atoms with Gasteiger partial charge in [-0.15, -0.1) is 0 Å². The molecule has 6 N–H and O–H groups in total. The molecule has 0 aromatic rings. The topological polar surface area (TPSA) is 236 Å². The zero-order valence-corrected chi connectivity index (χ0v) is 34.7. The van der Waals surface area contributed by atoms with Crippen molar-refractivity contribution in [2.45, 2.75) is 154 Å². The molecule has 0 aromatic carbocycles. The van der Waals surface area contributed by atoms with Crippen LogP contribution in [0.5, 0.6) is 0 Å². The van der Waals surface area contributed by atoms with Gasteiger partial charge in [0, 0.05) is 38.8 Å². The van der Waals surface area contributed by atoms with E-state index in [1.807, 2.05) is 0 Å². The first-order chi connectivity index (χ1) is 27.5. The second kappa shape index (κ2) is 39.5. The lowest BCUT2D eigenvalue weighted by Crippen LogP contribution is -2.41. The average Bonchev–Trinajstić information content (AvgIpc) is 3.17. The zero-order chi connectivity index (χ0) is 42.2. The number of aliphatic carboxylic acids is 3. The van der Waals surface area contributed by atoms with Gasteiger partial charge in [0.2, 0.25) is 17.7 Å². The summed E-state index contributed by atoms with van der Waals surface area (Å²) in [5, 5.41) is 35.0. The van der Waals surface area contributed by atoms with E-state index in [2.05, 4.69) is 16.0 Å². The van der Waals surface area contributed by atoms with Crippen molar-refractivity contribution in [3.63, 3.8) is 0 Å². The molecule has 0 fully saturated rings. The van der Waals surface area contributed by atoms with Crippen LogP contribution in [0.25, 0.3) is 0 Å². The fourth-order valence-corrected chi connectivity index (χ4v) is 5.78. The molecule has 16 nitrogen and oxygen atoms in total. The number of rotatable bonds is 43. The fraction of sp³-hybridized carbons (Fsp3) is 0.854. The molecular formula is C41H75N3O13. The highest BCUT2D eigenvalue weighted by Crippen LogP contribution is 2.14.